The molecule has 2 heterocycles. The van der Waals surface area contributed by atoms with Crippen molar-refractivity contribution in [2.24, 2.45) is 0 Å². The molecule has 0 aromatic heterocycles. The SMILES string of the molecule is COc1ccc2c(c1OC)C(OS(=O)(=O)c1ccccc1)N(C)c1c-2ccc2cc3c(cc12)OCO3. The average molecular weight is 506 g/mol. The lowest BCUT2D eigenvalue weighted by Gasteiger charge is -2.38. The van der Waals surface area contributed by atoms with Gasteiger partial charge in [-0.25, -0.2) is 4.18 Å². The van der Waals surface area contributed by atoms with Crippen LogP contribution in [0.25, 0.3) is 21.9 Å². The Labute approximate surface area is 208 Å². The molecule has 1 unspecified atom stereocenters. The molecular weight excluding hydrogens is 482 g/mol. The van der Waals surface area contributed by atoms with Gasteiger partial charge in [-0.05, 0) is 47.3 Å². The summed E-state index contributed by atoms with van der Waals surface area (Å²) in [7, 11) is 0.738. The van der Waals surface area contributed by atoms with Crippen LogP contribution in [-0.2, 0) is 14.3 Å². The normalized spacial score (nSPS) is 16.0. The maximum atomic E-state index is 13.4. The molecule has 4 aromatic carbocycles. The van der Waals surface area contributed by atoms with Gasteiger partial charge >= 0.3 is 0 Å². The number of ether oxygens (including phenoxy) is 4. The molecule has 184 valence electrons. The van der Waals surface area contributed by atoms with Crippen molar-refractivity contribution in [2.45, 2.75) is 11.1 Å². The fourth-order valence-electron chi connectivity index (χ4n) is 4.91. The predicted molar refractivity (Wildman–Crippen MR) is 134 cm³/mol. The maximum absolute atomic E-state index is 13.4. The molecule has 0 spiro atoms. The van der Waals surface area contributed by atoms with Crippen LogP contribution in [0.3, 0.4) is 0 Å². The highest BCUT2D eigenvalue weighted by Crippen LogP contribution is 2.54. The Kier molecular flexibility index (Phi) is 5.20. The third-order valence-electron chi connectivity index (χ3n) is 6.56. The molecule has 0 saturated carbocycles. The second-order valence-corrected chi connectivity index (χ2v) is 10.0. The maximum Gasteiger partial charge on any atom is 0.299 e. The summed E-state index contributed by atoms with van der Waals surface area (Å²) < 4.78 is 55.2. The smallest absolute Gasteiger partial charge is 0.299 e. The largest absolute Gasteiger partial charge is 0.493 e. The van der Waals surface area contributed by atoms with E-state index in [1.54, 1.807) is 31.3 Å². The van der Waals surface area contributed by atoms with Crippen molar-refractivity contribution in [2.75, 3.05) is 33.0 Å². The second-order valence-electron chi connectivity index (χ2n) is 8.48. The van der Waals surface area contributed by atoms with Crippen LogP contribution in [-0.4, -0.2) is 36.5 Å². The predicted octanol–water partition coefficient (Wildman–Crippen LogP) is 5.11. The first-order valence-electron chi connectivity index (χ1n) is 11.3. The van der Waals surface area contributed by atoms with Crippen LogP contribution in [0.15, 0.2) is 71.6 Å². The van der Waals surface area contributed by atoms with Crippen LogP contribution < -0.4 is 23.8 Å². The Balaban J connectivity index is 1.61. The highest BCUT2D eigenvalue weighted by Gasteiger charge is 2.38. The van der Waals surface area contributed by atoms with Gasteiger partial charge in [0, 0.05) is 18.0 Å². The molecule has 8 nitrogen and oxygen atoms in total. The Hall–Kier alpha value is -3.95. The Morgan fingerprint density at radius 1 is 0.889 bits per heavy atom. The van der Waals surface area contributed by atoms with Crippen molar-refractivity contribution >= 4 is 26.6 Å². The molecule has 36 heavy (non-hydrogen) atoms. The lowest BCUT2D eigenvalue weighted by molar-refractivity contribution is 0.174. The molecule has 0 bridgehead atoms. The number of hydrogen-bond donors (Lipinski definition) is 0. The summed E-state index contributed by atoms with van der Waals surface area (Å²) in [6.45, 7) is 0.157. The van der Waals surface area contributed by atoms with E-state index >= 15 is 0 Å². The molecule has 0 saturated heterocycles. The Morgan fingerprint density at radius 3 is 2.33 bits per heavy atom. The zero-order valence-corrected chi connectivity index (χ0v) is 20.7. The van der Waals surface area contributed by atoms with Gasteiger partial charge in [-0.1, -0.05) is 30.3 Å². The van der Waals surface area contributed by atoms with Crippen molar-refractivity contribution < 1.29 is 31.5 Å². The quantitative estimate of drug-likeness (QED) is 0.346. The highest BCUT2D eigenvalue weighted by molar-refractivity contribution is 7.86. The molecule has 1 atom stereocenters. The zero-order valence-electron chi connectivity index (χ0n) is 19.8. The minimum absolute atomic E-state index is 0.0638. The first-order valence-corrected chi connectivity index (χ1v) is 12.7. The Morgan fingerprint density at radius 2 is 1.61 bits per heavy atom. The summed E-state index contributed by atoms with van der Waals surface area (Å²) in [4.78, 5) is 1.87. The molecule has 0 aliphatic carbocycles. The number of rotatable bonds is 5. The lowest BCUT2D eigenvalue weighted by atomic mass is 9.89. The van der Waals surface area contributed by atoms with E-state index in [9.17, 15) is 8.42 Å². The van der Waals surface area contributed by atoms with Gasteiger partial charge in [0.2, 0.25) is 6.79 Å². The molecule has 0 amide bonds. The van der Waals surface area contributed by atoms with E-state index in [0.717, 1.165) is 27.6 Å². The highest BCUT2D eigenvalue weighted by atomic mass is 32.2. The van der Waals surface area contributed by atoms with Crippen LogP contribution in [0.1, 0.15) is 11.8 Å². The van der Waals surface area contributed by atoms with Crippen molar-refractivity contribution in [3.63, 3.8) is 0 Å². The van der Waals surface area contributed by atoms with E-state index in [-0.39, 0.29) is 11.7 Å². The molecule has 2 aliphatic heterocycles. The molecule has 0 radical (unpaired) electrons. The Bertz CT molecular complexity index is 1600. The van der Waals surface area contributed by atoms with Gasteiger partial charge in [-0.15, -0.1) is 0 Å². The molecule has 9 heteroatoms. The van der Waals surface area contributed by atoms with Crippen LogP contribution in [0, 0.1) is 0 Å². The van der Waals surface area contributed by atoms with Crippen molar-refractivity contribution in [1.82, 2.24) is 0 Å². The van der Waals surface area contributed by atoms with E-state index < -0.39 is 16.3 Å². The van der Waals surface area contributed by atoms with E-state index in [1.165, 1.54) is 26.4 Å². The standard InChI is InChI=1S/C27H23NO7S/c1-28-25-19(10-9-16-13-22-23(14-20(16)25)34-15-33-22)18-11-12-21(31-2)26(32-3)24(18)27(28)35-36(29,30)17-7-5-4-6-8-17/h4-14,27H,15H2,1-3H3. The fourth-order valence-corrected chi connectivity index (χ4v) is 5.98. The molecule has 4 aromatic rings. The van der Waals surface area contributed by atoms with Crippen LogP contribution in [0.2, 0.25) is 0 Å². The molecule has 2 aliphatic rings. The number of benzene rings is 4. The molecule has 0 N–H and O–H groups in total. The number of hydrogen-bond acceptors (Lipinski definition) is 8. The van der Waals surface area contributed by atoms with Crippen LogP contribution in [0.4, 0.5) is 5.69 Å². The van der Waals surface area contributed by atoms with E-state index in [1.807, 2.05) is 35.2 Å². The van der Waals surface area contributed by atoms with Crippen molar-refractivity contribution in [1.29, 1.82) is 0 Å². The van der Waals surface area contributed by atoms with Gasteiger partial charge in [-0.2, -0.15) is 8.42 Å². The van der Waals surface area contributed by atoms with Crippen molar-refractivity contribution in [3.8, 4) is 34.1 Å². The summed E-state index contributed by atoms with van der Waals surface area (Å²) in [5, 5.41) is 1.81. The number of fused-ring (bicyclic) bond motifs is 6. The first kappa shape index (κ1) is 22.5. The number of nitrogens with zero attached hydrogens (tertiary/aromatic N) is 1. The third-order valence-corrected chi connectivity index (χ3v) is 7.85. The summed E-state index contributed by atoms with van der Waals surface area (Å²) in [6, 6.07) is 19.6. The summed E-state index contributed by atoms with van der Waals surface area (Å²) in [5.41, 5.74) is 3.05. The molecular formula is C27H23NO7S. The summed E-state index contributed by atoms with van der Waals surface area (Å²) in [6.07, 6.45) is -1.03. The van der Waals surface area contributed by atoms with Gasteiger partial charge in [0.1, 0.15) is 0 Å². The van der Waals surface area contributed by atoms with Gasteiger partial charge in [-0.3, -0.25) is 0 Å². The first-order chi connectivity index (χ1) is 17.4. The van der Waals surface area contributed by atoms with Crippen molar-refractivity contribution in [3.05, 3.63) is 72.3 Å². The zero-order chi connectivity index (χ0) is 25.0. The van der Waals surface area contributed by atoms with Gasteiger partial charge in [0.25, 0.3) is 10.1 Å². The van der Waals surface area contributed by atoms with Crippen LogP contribution in [0.5, 0.6) is 23.0 Å². The number of methoxy groups -OCH3 is 2. The van der Waals surface area contributed by atoms with E-state index in [0.29, 0.717) is 28.6 Å². The minimum Gasteiger partial charge on any atom is -0.493 e. The second kappa shape index (κ2) is 8.32. The topological polar surface area (TPSA) is 83.5 Å². The van der Waals surface area contributed by atoms with Crippen LogP contribution >= 0.6 is 0 Å². The minimum atomic E-state index is -4.13. The van der Waals surface area contributed by atoms with Gasteiger partial charge in [0.15, 0.2) is 29.2 Å². The molecule has 6 rings (SSSR count). The number of anilines is 1. The van der Waals surface area contributed by atoms with Gasteiger partial charge in [0.05, 0.1) is 30.4 Å². The summed E-state index contributed by atoms with van der Waals surface area (Å²) in [5.74, 6) is 2.19. The van der Waals surface area contributed by atoms with E-state index in [2.05, 4.69) is 0 Å². The monoisotopic (exact) mass is 505 g/mol. The average Bonchev–Trinajstić information content (AvgIpc) is 3.36. The lowest BCUT2D eigenvalue weighted by Crippen LogP contribution is -2.32. The molecule has 0 fully saturated rings. The van der Waals surface area contributed by atoms with E-state index in [4.69, 9.17) is 23.1 Å². The summed E-state index contributed by atoms with van der Waals surface area (Å²) >= 11 is 0. The third kappa shape index (κ3) is 3.35. The fraction of sp³-hybridized carbons (Fsp3) is 0.185. The van der Waals surface area contributed by atoms with Gasteiger partial charge < -0.3 is 23.8 Å².